The third-order valence-corrected chi connectivity index (χ3v) is 2.57. The van der Waals surface area contributed by atoms with Crippen LogP contribution in [-0.2, 0) is 6.54 Å². The molecule has 0 unspecified atom stereocenters. The van der Waals surface area contributed by atoms with E-state index in [0.717, 1.165) is 5.69 Å². The summed E-state index contributed by atoms with van der Waals surface area (Å²) in [4.78, 5) is 4.21. The minimum atomic E-state index is -0.394. The molecule has 0 spiro atoms. The molecule has 18 heavy (non-hydrogen) atoms. The van der Waals surface area contributed by atoms with Crippen molar-refractivity contribution in [1.82, 2.24) is 10.3 Å². The highest BCUT2D eigenvalue weighted by Crippen LogP contribution is 2.29. The number of nitrogens with zero attached hydrogens (tertiary/aromatic N) is 1. The second-order valence-corrected chi connectivity index (χ2v) is 4.10. The molecule has 5 heteroatoms. The standard InChI is InChI=1S/C13H12ClFN2O/c1-16-7-10-3-4-11(8-17-10)18-13-5-2-9(15)6-12(13)14/h2-6,8,16H,7H2,1H3. The molecule has 1 aromatic heterocycles. The fraction of sp³-hybridized carbons (Fsp3) is 0.154. The van der Waals surface area contributed by atoms with Crippen LogP contribution in [0.5, 0.6) is 11.5 Å². The molecule has 1 aromatic carbocycles. The summed E-state index contributed by atoms with van der Waals surface area (Å²) in [7, 11) is 1.85. The summed E-state index contributed by atoms with van der Waals surface area (Å²) in [5, 5.41) is 3.23. The summed E-state index contributed by atoms with van der Waals surface area (Å²) < 4.78 is 18.4. The summed E-state index contributed by atoms with van der Waals surface area (Å²) in [6, 6.07) is 7.63. The molecule has 1 heterocycles. The van der Waals surface area contributed by atoms with E-state index >= 15 is 0 Å². The lowest BCUT2D eigenvalue weighted by Crippen LogP contribution is -2.06. The van der Waals surface area contributed by atoms with Crippen LogP contribution in [0.15, 0.2) is 36.5 Å². The van der Waals surface area contributed by atoms with Crippen LogP contribution in [0.2, 0.25) is 5.02 Å². The van der Waals surface area contributed by atoms with E-state index in [1.54, 1.807) is 12.3 Å². The molecule has 0 atom stereocenters. The van der Waals surface area contributed by atoms with Crippen molar-refractivity contribution < 1.29 is 9.13 Å². The molecular formula is C13H12ClFN2O. The number of hydrogen-bond acceptors (Lipinski definition) is 3. The van der Waals surface area contributed by atoms with Gasteiger partial charge in [-0.3, -0.25) is 4.98 Å². The molecule has 0 bridgehead atoms. The lowest BCUT2D eigenvalue weighted by atomic mass is 10.3. The van der Waals surface area contributed by atoms with Gasteiger partial charge in [0, 0.05) is 6.54 Å². The number of benzene rings is 1. The number of pyridine rings is 1. The van der Waals surface area contributed by atoms with Gasteiger partial charge in [-0.15, -0.1) is 0 Å². The molecule has 0 aliphatic carbocycles. The largest absolute Gasteiger partial charge is 0.454 e. The molecule has 2 rings (SSSR count). The lowest BCUT2D eigenvalue weighted by Gasteiger charge is -2.07. The summed E-state index contributed by atoms with van der Waals surface area (Å²) in [6.45, 7) is 0.692. The maximum Gasteiger partial charge on any atom is 0.146 e. The highest BCUT2D eigenvalue weighted by atomic mass is 35.5. The fourth-order valence-corrected chi connectivity index (χ4v) is 1.65. The summed E-state index contributed by atoms with van der Waals surface area (Å²) in [6.07, 6.45) is 1.60. The van der Waals surface area contributed by atoms with Crippen LogP contribution in [-0.4, -0.2) is 12.0 Å². The molecule has 2 aromatic rings. The lowest BCUT2D eigenvalue weighted by molar-refractivity contribution is 0.478. The van der Waals surface area contributed by atoms with Crippen LogP contribution in [0.4, 0.5) is 4.39 Å². The normalized spacial score (nSPS) is 10.4. The van der Waals surface area contributed by atoms with Crippen molar-refractivity contribution in [3.05, 3.63) is 53.1 Å². The average Bonchev–Trinajstić information content (AvgIpc) is 2.35. The van der Waals surface area contributed by atoms with Gasteiger partial charge in [0.15, 0.2) is 0 Å². The minimum absolute atomic E-state index is 0.231. The first-order valence-corrected chi connectivity index (χ1v) is 5.79. The molecule has 0 amide bonds. The van der Waals surface area contributed by atoms with E-state index in [1.165, 1.54) is 18.2 Å². The van der Waals surface area contributed by atoms with Gasteiger partial charge in [-0.25, -0.2) is 4.39 Å². The Morgan fingerprint density at radius 2 is 2.17 bits per heavy atom. The second kappa shape index (κ2) is 5.80. The topological polar surface area (TPSA) is 34.1 Å². The van der Waals surface area contributed by atoms with Gasteiger partial charge in [-0.2, -0.15) is 0 Å². The minimum Gasteiger partial charge on any atom is -0.454 e. The molecule has 94 valence electrons. The number of nitrogens with one attached hydrogen (secondary N) is 1. The van der Waals surface area contributed by atoms with E-state index in [0.29, 0.717) is 18.0 Å². The Balaban J connectivity index is 2.13. The van der Waals surface area contributed by atoms with Gasteiger partial charge in [-0.1, -0.05) is 11.6 Å². The molecule has 0 aliphatic rings. The van der Waals surface area contributed by atoms with Crippen LogP contribution in [0.3, 0.4) is 0 Å². The molecule has 0 fully saturated rings. The van der Waals surface area contributed by atoms with Crippen molar-refractivity contribution in [2.45, 2.75) is 6.54 Å². The maximum absolute atomic E-state index is 12.9. The Morgan fingerprint density at radius 1 is 1.33 bits per heavy atom. The molecule has 0 saturated carbocycles. The zero-order valence-electron chi connectivity index (χ0n) is 9.78. The zero-order valence-corrected chi connectivity index (χ0v) is 10.5. The Morgan fingerprint density at radius 3 is 2.78 bits per heavy atom. The van der Waals surface area contributed by atoms with Crippen LogP contribution in [0.1, 0.15) is 5.69 Å². The van der Waals surface area contributed by atoms with Crippen molar-refractivity contribution in [3.63, 3.8) is 0 Å². The molecule has 0 radical (unpaired) electrons. The van der Waals surface area contributed by atoms with Crippen LogP contribution >= 0.6 is 11.6 Å². The first-order valence-electron chi connectivity index (χ1n) is 5.41. The number of aromatic nitrogens is 1. The van der Waals surface area contributed by atoms with Crippen molar-refractivity contribution >= 4 is 11.6 Å². The van der Waals surface area contributed by atoms with Gasteiger partial charge < -0.3 is 10.1 Å². The van der Waals surface area contributed by atoms with Gasteiger partial charge in [-0.05, 0) is 37.4 Å². The molecule has 1 N–H and O–H groups in total. The quantitative estimate of drug-likeness (QED) is 0.921. The summed E-state index contributed by atoms with van der Waals surface area (Å²) in [5.41, 5.74) is 0.912. The highest BCUT2D eigenvalue weighted by Gasteiger charge is 2.05. The van der Waals surface area contributed by atoms with Crippen molar-refractivity contribution in [2.24, 2.45) is 0 Å². The van der Waals surface area contributed by atoms with Crippen molar-refractivity contribution in [3.8, 4) is 11.5 Å². The molecule has 3 nitrogen and oxygen atoms in total. The van der Waals surface area contributed by atoms with E-state index in [4.69, 9.17) is 16.3 Å². The predicted octanol–water partition coefficient (Wildman–Crippen LogP) is 3.39. The Hall–Kier alpha value is -1.65. The second-order valence-electron chi connectivity index (χ2n) is 3.69. The first kappa shape index (κ1) is 12.8. The molecule has 0 aliphatic heterocycles. The third kappa shape index (κ3) is 3.18. The van der Waals surface area contributed by atoms with Crippen LogP contribution < -0.4 is 10.1 Å². The van der Waals surface area contributed by atoms with Gasteiger partial charge in [0.1, 0.15) is 17.3 Å². The maximum atomic E-state index is 12.9. The van der Waals surface area contributed by atoms with E-state index in [1.807, 2.05) is 13.1 Å². The van der Waals surface area contributed by atoms with Gasteiger partial charge in [0.25, 0.3) is 0 Å². The molecule has 0 saturated heterocycles. The number of ether oxygens (including phenoxy) is 1. The van der Waals surface area contributed by atoms with Gasteiger partial charge in [0.2, 0.25) is 0 Å². The van der Waals surface area contributed by atoms with E-state index < -0.39 is 5.82 Å². The van der Waals surface area contributed by atoms with Gasteiger partial charge >= 0.3 is 0 Å². The molecular weight excluding hydrogens is 255 g/mol. The van der Waals surface area contributed by atoms with Crippen LogP contribution in [0, 0.1) is 5.82 Å². The smallest absolute Gasteiger partial charge is 0.146 e. The third-order valence-electron chi connectivity index (χ3n) is 2.28. The summed E-state index contributed by atoms with van der Waals surface area (Å²) in [5.74, 6) is 0.569. The fourth-order valence-electron chi connectivity index (χ4n) is 1.44. The van der Waals surface area contributed by atoms with Crippen LogP contribution in [0.25, 0.3) is 0 Å². The first-order chi connectivity index (χ1) is 8.69. The van der Waals surface area contributed by atoms with Crippen molar-refractivity contribution in [2.75, 3.05) is 7.05 Å². The SMILES string of the molecule is CNCc1ccc(Oc2ccc(F)cc2Cl)cn1. The predicted molar refractivity (Wildman–Crippen MR) is 68.5 cm³/mol. The Bertz CT molecular complexity index is 531. The van der Waals surface area contributed by atoms with E-state index in [2.05, 4.69) is 10.3 Å². The number of hydrogen-bond donors (Lipinski definition) is 1. The monoisotopic (exact) mass is 266 g/mol. The van der Waals surface area contributed by atoms with E-state index in [9.17, 15) is 4.39 Å². The van der Waals surface area contributed by atoms with Crippen molar-refractivity contribution in [1.29, 1.82) is 0 Å². The van der Waals surface area contributed by atoms with Gasteiger partial charge in [0.05, 0.1) is 16.9 Å². The zero-order chi connectivity index (χ0) is 13.0. The highest BCUT2D eigenvalue weighted by molar-refractivity contribution is 6.32. The Labute approximate surface area is 110 Å². The average molecular weight is 267 g/mol. The number of halogens is 2. The summed E-state index contributed by atoms with van der Waals surface area (Å²) >= 11 is 5.87. The van der Waals surface area contributed by atoms with E-state index in [-0.39, 0.29) is 5.02 Å². The Kier molecular flexibility index (Phi) is 4.12. The number of rotatable bonds is 4.